The van der Waals surface area contributed by atoms with Crippen LogP contribution in [0.15, 0.2) is 23.0 Å². The maximum Gasteiger partial charge on any atom is 0.265 e. The summed E-state index contributed by atoms with van der Waals surface area (Å²) in [7, 11) is 0. The minimum Gasteiger partial charge on any atom is -0.396 e. The molecule has 6 heteroatoms. The molecule has 0 aliphatic carbocycles. The van der Waals surface area contributed by atoms with Gasteiger partial charge >= 0.3 is 0 Å². The van der Waals surface area contributed by atoms with Crippen molar-refractivity contribution in [3.8, 4) is 10.6 Å². The van der Waals surface area contributed by atoms with Gasteiger partial charge in [-0.3, -0.25) is 4.79 Å². The molecule has 0 bridgehead atoms. The summed E-state index contributed by atoms with van der Waals surface area (Å²) in [6, 6.07) is 2.01. The Morgan fingerprint density at radius 1 is 1.58 bits per heavy atom. The Labute approximate surface area is 119 Å². The number of aliphatic hydroxyl groups is 1. The van der Waals surface area contributed by atoms with E-state index < -0.39 is 0 Å². The molecule has 2 aromatic heterocycles. The molecule has 100 valence electrons. The number of aromatic nitrogens is 1. The van der Waals surface area contributed by atoms with E-state index in [1.165, 1.54) is 11.3 Å². The summed E-state index contributed by atoms with van der Waals surface area (Å²) in [5, 5.41) is 14.0. The zero-order chi connectivity index (χ0) is 13.2. The van der Waals surface area contributed by atoms with Crippen LogP contribution in [0.25, 0.3) is 10.6 Å². The summed E-state index contributed by atoms with van der Waals surface area (Å²) in [6.45, 7) is 1.55. The van der Waals surface area contributed by atoms with Gasteiger partial charge in [0.05, 0.1) is 6.20 Å². The average molecular weight is 294 g/mol. The van der Waals surface area contributed by atoms with E-state index in [4.69, 9.17) is 5.11 Å². The monoisotopic (exact) mass is 294 g/mol. The number of aliphatic hydroxyl groups excluding tert-OH is 1. The molecule has 1 N–H and O–H groups in total. The second-order valence-corrected chi connectivity index (χ2v) is 6.44. The van der Waals surface area contributed by atoms with Gasteiger partial charge in [-0.1, -0.05) is 0 Å². The normalized spacial score (nSPS) is 19.0. The minimum absolute atomic E-state index is 0.0370. The van der Waals surface area contributed by atoms with Crippen molar-refractivity contribution >= 4 is 28.6 Å². The number of likely N-dealkylation sites (tertiary alicyclic amines) is 1. The molecular formula is C13H14N2O2S2. The number of nitrogens with zero attached hydrogens (tertiary/aromatic N) is 2. The Kier molecular flexibility index (Phi) is 3.63. The van der Waals surface area contributed by atoms with E-state index >= 15 is 0 Å². The van der Waals surface area contributed by atoms with Gasteiger partial charge in [0, 0.05) is 36.6 Å². The van der Waals surface area contributed by atoms with Crippen LogP contribution in [0.1, 0.15) is 16.1 Å². The van der Waals surface area contributed by atoms with Crippen molar-refractivity contribution in [2.75, 3.05) is 19.7 Å². The number of hydrogen-bond donors (Lipinski definition) is 1. The van der Waals surface area contributed by atoms with Gasteiger partial charge in [-0.15, -0.1) is 11.3 Å². The first-order valence-electron chi connectivity index (χ1n) is 6.16. The Bertz CT molecular complexity index is 565. The van der Waals surface area contributed by atoms with Crippen LogP contribution in [0.4, 0.5) is 0 Å². The fraction of sp³-hybridized carbons (Fsp3) is 0.385. The molecule has 4 nitrogen and oxygen atoms in total. The Hall–Kier alpha value is -1.24. The first-order chi connectivity index (χ1) is 9.28. The van der Waals surface area contributed by atoms with E-state index in [1.54, 1.807) is 17.5 Å². The van der Waals surface area contributed by atoms with Crippen LogP contribution in [-0.4, -0.2) is 40.6 Å². The van der Waals surface area contributed by atoms with Crippen LogP contribution >= 0.6 is 22.7 Å². The fourth-order valence-electron chi connectivity index (χ4n) is 2.21. The van der Waals surface area contributed by atoms with Gasteiger partial charge in [-0.05, 0) is 17.9 Å². The van der Waals surface area contributed by atoms with Crippen molar-refractivity contribution in [2.24, 2.45) is 5.92 Å². The van der Waals surface area contributed by atoms with E-state index in [1.807, 2.05) is 21.7 Å². The molecule has 1 saturated heterocycles. The predicted octanol–water partition coefficient (Wildman–Crippen LogP) is 2.33. The summed E-state index contributed by atoms with van der Waals surface area (Å²) in [5.74, 6) is 0.267. The smallest absolute Gasteiger partial charge is 0.265 e. The summed E-state index contributed by atoms with van der Waals surface area (Å²) in [6.07, 6.45) is 2.55. The lowest BCUT2D eigenvalue weighted by Crippen LogP contribution is -2.28. The predicted molar refractivity (Wildman–Crippen MR) is 76.5 cm³/mol. The van der Waals surface area contributed by atoms with Gasteiger partial charge in [0.2, 0.25) is 0 Å². The number of carbonyl (C=O) groups excluding carboxylic acids is 1. The molecule has 0 saturated carbocycles. The molecule has 1 amide bonds. The number of carbonyl (C=O) groups is 1. The molecule has 1 atom stereocenters. The first-order valence-corrected chi connectivity index (χ1v) is 7.92. The maximum atomic E-state index is 12.3. The molecule has 3 heterocycles. The van der Waals surface area contributed by atoms with Crippen LogP contribution in [0.5, 0.6) is 0 Å². The number of hydrogen-bond acceptors (Lipinski definition) is 5. The molecule has 0 spiro atoms. The highest BCUT2D eigenvalue weighted by Crippen LogP contribution is 2.28. The lowest BCUT2D eigenvalue weighted by atomic mass is 10.1. The van der Waals surface area contributed by atoms with Crippen molar-refractivity contribution in [2.45, 2.75) is 6.42 Å². The third-order valence-electron chi connectivity index (χ3n) is 3.32. The molecule has 1 aliphatic heterocycles. The zero-order valence-electron chi connectivity index (χ0n) is 10.3. The van der Waals surface area contributed by atoms with Gasteiger partial charge < -0.3 is 10.0 Å². The second kappa shape index (κ2) is 5.40. The van der Waals surface area contributed by atoms with E-state index in [0.29, 0.717) is 11.4 Å². The minimum atomic E-state index is 0.0370. The van der Waals surface area contributed by atoms with Crippen LogP contribution in [0, 0.1) is 5.92 Å². The molecule has 3 rings (SSSR count). The van der Waals surface area contributed by atoms with Crippen molar-refractivity contribution in [1.82, 2.24) is 9.88 Å². The van der Waals surface area contributed by atoms with Crippen LogP contribution in [0.2, 0.25) is 0 Å². The summed E-state index contributed by atoms with van der Waals surface area (Å²) in [4.78, 5) is 19.1. The highest BCUT2D eigenvalue weighted by atomic mass is 32.1. The molecular weight excluding hydrogens is 280 g/mol. The summed E-state index contributed by atoms with van der Waals surface area (Å²) < 4.78 is 0. The second-order valence-electron chi connectivity index (χ2n) is 4.63. The van der Waals surface area contributed by atoms with Gasteiger partial charge in [-0.2, -0.15) is 11.3 Å². The topological polar surface area (TPSA) is 53.4 Å². The number of rotatable bonds is 3. The standard InChI is InChI=1S/C13H14N2O2S2/c16-7-9-1-3-15(6-9)13(17)11-5-14-12(19-11)10-2-4-18-8-10/h2,4-5,8-9,16H,1,3,6-7H2. The van der Waals surface area contributed by atoms with E-state index in [0.717, 1.165) is 23.5 Å². The molecule has 2 aromatic rings. The van der Waals surface area contributed by atoms with Crippen LogP contribution < -0.4 is 0 Å². The van der Waals surface area contributed by atoms with Crippen LogP contribution in [-0.2, 0) is 0 Å². The highest BCUT2D eigenvalue weighted by Gasteiger charge is 2.27. The lowest BCUT2D eigenvalue weighted by molar-refractivity contribution is 0.0786. The quantitative estimate of drug-likeness (QED) is 0.945. The van der Waals surface area contributed by atoms with E-state index in [9.17, 15) is 4.79 Å². The Morgan fingerprint density at radius 3 is 3.16 bits per heavy atom. The van der Waals surface area contributed by atoms with Crippen molar-refractivity contribution < 1.29 is 9.90 Å². The largest absolute Gasteiger partial charge is 0.396 e. The number of thiophene rings is 1. The van der Waals surface area contributed by atoms with E-state index in [2.05, 4.69) is 4.98 Å². The Morgan fingerprint density at radius 2 is 2.47 bits per heavy atom. The average Bonchev–Trinajstić information content (AvgIpc) is 3.16. The van der Waals surface area contributed by atoms with Crippen molar-refractivity contribution in [3.63, 3.8) is 0 Å². The summed E-state index contributed by atoms with van der Waals surface area (Å²) >= 11 is 3.06. The number of thiazole rings is 1. The fourth-order valence-corrected chi connectivity index (χ4v) is 3.81. The van der Waals surface area contributed by atoms with Crippen molar-refractivity contribution in [1.29, 1.82) is 0 Å². The highest BCUT2D eigenvalue weighted by molar-refractivity contribution is 7.17. The molecule has 1 unspecified atom stereocenters. The van der Waals surface area contributed by atoms with Gasteiger partial charge in [-0.25, -0.2) is 4.98 Å². The molecule has 0 aromatic carbocycles. The SMILES string of the molecule is O=C(c1cnc(-c2ccsc2)s1)N1CCC(CO)C1. The first kappa shape index (κ1) is 12.8. The van der Waals surface area contributed by atoms with Gasteiger partial charge in [0.15, 0.2) is 0 Å². The van der Waals surface area contributed by atoms with Crippen LogP contribution in [0.3, 0.4) is 0 Å². The summed E-state index contributed by atoms with van der Waals surface area (Å²) in [5.41, 5.74) is 1.07. The zero-order valence-corrected chi connectivity index (χ0v) is 11.9. The number of amides is 1. The maximum absolute atomic E-state index is 12.3. The Balaban J connectivity index is 1.74. The third-order valence-corrected chi connectivity index (χ3v) is 5.03. The molecule has 19 heavy (non-hydrogen) atoms. The molecule has 1 aliphatic rings. The van der Waals surface area contributed by atoms with Crippen molar-refractivity contribution in [3.05, 3.63) is 27.9 Å². The third kappa shape index (κ3) is 2.56. The lowest BCUT2D eigenvalue weighted by Gasteiger charge is -2.14. The molecule has 1 fully saturated rings. The van der Waals surface area contributed by atoms with Gasteiger partial charge in [0.25, 0.3) is 5.91 Å². The molecule has 0 radical (unpaired) electrons. The van der Waals surface area contributed by atoms with Gasteiger partial charge in [0.1, 0.15) is 9.88 Å². The van der Waals surface area contributed by atoms with E-state index in [-0.39, 0.29) is 18.4 Å².